The fourth-order valence-electron chi connectivity index (χ4n) is 2.97. The maximum atomic E-state index is 11.8. The molecule has 1 aliphatic rings. The van der Waals surface area contributed by atoms with E-state index in [2.05, 4.69) is 18.9 Å². The van der Waals surface area contributed by atoms with Crippen molar-refractivity contribution >= 4 is 17.6 Å². The quantitative estimate of drug-likeness (QED) is 0.901. The van der Waals surface area contributed by atoms with Gasteiger partial charge < -0.3 is 14.7 Å². The number of hydrogen-bond donors (Lipinski definition) is 1. The van der Waals surface area contributed by atoms with E-state index < -0.39 is 12.0 Å². The Labute approximate surface area is 136 Å². The van der Waals surface area contributed by atoms with Gasteiger partial charge in [-0.2, -0.15) is 0 Å². The van der Waals surface area contributed by atoms with Crippen molar-refractivity contribution in [3.63, 3.8) is 0 Å². The summed E-state index contributed by atoms with van der Waals surface area (Å²) in [6.07, 6.45) is 0. The molecule has 22 heavy (non-hydrogen) atoms. The van der Waals surface area contributed by atoms with Gasteiger partial charge in [-0.15, -0.1) is 0 Å². The molecule has 0 aromatic heterocycles. The van der Waals surface area contributed by atoms with Crippen molar-refractivity contribution in [2.24, 2.45) is 0 Å². The number of carboxylic acid groups (broad SMARTS) is 1. The molecule has 1 aliphatic heterocycles. The van der Waals surface area contributed by atoms with E-state index in [9.17, 15) is 9.90 Å². The number of ether oxygens (including phenoxy) is 1. The molecule has 0 aliphatic carbocycles. The predicted octanol–water partition coefficient (Wildman–Crippen LogP) is 2.50. The van der Waals surface area contributed by atoms with E-state index in [0.29, 0.717) is 22.9 Å². The fraction of sp³-hybridized carbons (Fsp3) is 0.562. The summed E-state index contributed by atoms with van der Waals surface area (Å²) in [4.78, 5) is 16.1. The minimum Gasteiger partial charge on any atom is -0.492 e. The second-order valence-corrected chi connectivity index (χ2v) is 6.12. The first kappa shape index (κ1) is 17.1. The fourth-order valence-corrected chi connectivity index (χ4v) is 3.22. The second kappa shape index (κ2) is 7.31. The van der Waals surface area contributed by atoms with Crippen LogP contribution in [0.2, 0.25) is 5.02 Å². The number of rotatable bonds is 5. The Morgan fingerprint density at radius 3 is 2.77 bits per heavy atom. The molecule has 1 saturated heterocycles. The van der Waals surface area contributed by atoms with Crippen LogP contribution in [0.3, 0.4) is 0 Å². The van der Waals surface area contributed by atoms with Crippen LogP contribution in [0.1, 0.15) is 25.5 Å². The van der Waals surface area contributed by atoms with E-state index >= 15 is 0 Å². The Balaban J connectivity index is 2.28. The average molecular weight is 327 g/mol. The standard InChI is InChI=1S/C16H23ClN2O3/c1-4-22-14-6-5-12(9-13(14)17)15(16(20)21)19-8-7-18(3)10-11(19)2/h5-6,9,11,15H,4,7-8,10H2,1-3H3,(H,20,21). The Morgan fingerprint density at radius 2 is 2.23 bits per heavy atom. The number of aliphatic carboxylic acids is 1. The molecule has 2 rings (SSSR count). The Bertz CT molecular complexity index is 538. The molecule has 0 spiro atoms. The van der Waals surface area contributed by atoms with Crippen molar-refractivity contribution in [3.05, 3.63) is 28.8 Å². The molecule has 1 aromatic carbocycles. The number of piperazine rings is 1. The molecule has 2 unspecified atom stereocenters. The first-order valence-corrected chi connectivity index (χ1v) is 7.91. The van der Waals surface area contributed by atoms with Gasteiger partial charge in [-0.05, 0) is 38.6 Å². The first-order valence-electron chi connectivity index (χ1n) is 7.53. The lowest BCUT2D eigenvalue weighted by Crippen LogP contribution is -2.53. The Hall–Kier alpha value is -1.30. The molecule has 5 nitrogen and oxygen atoms in total. The highest BCUT2D eigenvalue weighted by Gasteiger charge is 2.34. The zero-order chi connectivity index (χ0) is 16.3. The monoisotopic (exact) mass is 326 g/mol. The SMILES string of the molecule is CCOc1ccc(C(C(=O)O)N2CCN(C)CC2C)cc1Cl. The molecular weight excluding hydrogens is 304 g/mol. The molecular formula is C16H23ClN2O3. The minimum absolute atomic E-state index is 0.171. The van der Waals surface area contributed by atoms with Gasteiger partial charge in [0.05, 0.1) is 11.6 Å². The summed E-state index contributed by atoms with van der Waals surface area (Å²) in [6.45, 7) is 6.90. The molecule has 0 saturated carbocycles. The molecule has 2 atom stereocenters. The van der Waals surface area contributed by atoms with E-state index in [-0.39, 0.29) is 6.04 Å². The predicted molar refractivity (Wildman–Crippen MR) is 86.7 cm³/mol. The van der Waals surface area contributed by atoms with E-state index in [4.69, 9.17) is 16.3 Å². The highest BCUT2D eigenvalue weighted by molar-refractivity contribution is 6.32. The molecule has 0 bridgehead atoms. The zero-order valence-corrected chi connectivity index (χ0v) is 14.0. The average Bonchev–Trinajstić information content (AvgIpc) is 2.44. The van der Waals surface area contributed by atoms with Crippen LogP contribution in [-0.4, -0.2) is 60.2 Å². The number of hydrogen-bond acceptors (Lipinski definition) is 4. The van der Waals surface area contributed by atoms with Gasteiger partial charge in [0.15, 0.2) is 0 Å². The van der Waals surface area contributed by atoms with Crippen LogP contribution >= 0.6 is 11.6 Å². The van der Waals surface area contributed by atoms with Crippen molar-refractivity contribution in [2.45, 2.75) is 25.9 Å². The van der Waals surface area contributed by atoms with E-state index in [1.54, 1.807) is 18.2 Å². The van der Waals surface area contributed by atoms with Crippen molar-refractivity contribution in [2.75, 3.05) is 33.3 Å². The number of likely N-dealkylation sites (N-methyl/N-ethyl adjacent to an activating group) is 1. The van der Waals surface area contributed by atoms with Gasteiger partial charge in [-0.3, -0.25) is 9.69 Å². The summed E-state index contributed by atoms with van der Waals surface area (Å²) >= 11 is 6.21. The van der Waals surface area contributed by atoms with Gasteiger partial charge >= 0.3 is 5.97 Å². The third-order valence-electron chi connectivity index (χ3n) is 4.02. The van der Waals surface area contributed by atoms with Crippen LogP contribution in [0.4, 0.5) is 0 Å². The molecule has 1 N–H and O–H groups in total. The molecule has 1 fully saturated rings. The smallest absolute Gasteiger partial charge is 0.325 e. The minimum atomic E-state index is -0.850. The molecule has 0 radical (unpaired) electrons. The van der Waals surface area contributed by atoms with Gasteiger partial charge in [0, 0.05) is 25.7 Å². The molecule has 6 heteroatoms. The normalized spacial score (nSPS) is 21.5. The third-order valence-corrected chi connectivity index (χ3v) is 4.31. The van der Waals surface area contributed by atoms with Crippen LogP contribution in [0.15, 0.2) is 18.2 Å². The summed E-state index contributed by atoms with van der Waals surface area (Å²) in [5.41, 5.74) is 0.692. The van der Waals surface area contributed by atoms with Crippen LogP contribution < -0.4 is 4.74 Å². The lowest BCUT2D eigenvalue weighted by Gasteiger charge is -2.41. The number of carboxylic acids is 1. The van der Waals surface area contributed by atoms with Gasteiger partial charge in [0.1, 0.15) is 11.8 Å². The Morgan fingerprint density at radius 1 is 1.50 bits per heavy atom. The van der Waals surface area contributed by atoms with Gasteiger partial charge in [-0.25, -0.2) is 0 Å². The highest BCUT2D eigenvalue weighted by atomic mass is 35.5. The summed E-state index contributed by atoms with van der Waals surface area (Å²) < 4.78 is 5.41. The summed E-state index contributed by atoms with van der Waals surface area (Å²) in [5.74, 6) is -0.264. The number of carbonyl (C=O) groups is 1. The maximum absolute atomic E-state index is 11.8. The number of nitrogens with zero attached hydrogens (tertiary/aromatic N) is 2. The third kappa shape index (κ3) is 3.72. The summed E-state index contributed by atoms with van der Waals surface area (Å²) in [6, 6.07) is 4.73. The lowest BCUT2D eigenvalue weighted by atomic mass is 10.0. The van der Waals surface area contributed by atoms with Gasteiger partial charge in [0.2, 0.25) is 0 Å². The second-order valence-electron chi connectivity index (χ2n) is 5.71. The van der Waals surface area contributed by atoms with E-state index in [1.807, 2.05) is 11.8 Å². The highest BCUT2D eigenvalue weighted by Crippen LogP contribution is 2.32. The lowest BCUT2D eigenvalue weighted by molar-refractivity contribution is -0.145. The largest absolute Gasteiger partial charge is 0.492 e. The molecule has 122 valence electrons. The topological polar surface area (TPSA) is 53.0 Å². The molecule has 0 amide bonds. The summed E-state index contributed by atoms with van der Waals surface area (Å²) in [7, 11) is 2.05. The summed E-state index contributed by atoms with van der Waals surface area (Å²) in [5, 5.41) is 10.1. The van der Waals surface area contributed by atoms with E-state index in [1.165, 1.54) is 0 Å². The number of benzene rings is 1. The first-order chi connectivity index (χ1) is 10.4. The van der Waals surface area contributed by atoms with Crippen molar-refractivity contribution in [1.82, 2.24) is 9.80 Å². The molecule has 1 aromatic rings. The Kier molecular flexibility index (Phi) is 5.67. The number of halogens is 1. The van der Waals surface area contributed by atoms with Crippen LogP contribution in [0.25, 0.3) is 0 Å². The van der Waals surface area contributed by atoms with Crippen LogP contribution in [0.5, 0.6) is 5.75 Å². The van der Waals surface area contributed by atoms with Crippen molar-refractivity contribution < 1.29 is 14.6 Å². The van der Waals surface area contributed by atoms with Crippen LogP contribution in [-0.2, 0) is 4.79 Å². The molecule has 1 heterocycles. The van der Waals surface area contributed by atoms with Crippen molar-refractivity contribution in [1.29, 1.82) is 0 Å². The van der Waals surface area contributed by atoms with Crippen LogP contribution in [0, 0.1) is 0 Å². The maximum Gasteiger partial charge on any atom is 0.325 e. The van der Waals surface area contributed by atoms with Crippen molar-refractivity contribution in [3.8, 4) is 5.75 Å². The zero-order valence-electron chi connectivity index (χ0n) is 13.3. The van der Waals surface area contributed by atoms with E-state index in [0.717, 1.165) is 19.6 Å². The van der Waals surface area contributed by atoms with Gasteiger partial charge in [-0.1, -0.05) is 17.7 Å². The van der Waals surface area contributed by atoms with Gasteiger partial charge in [0.25, 0.3) is 0 Å².